The number of hydrogen-bond acceptors (Lipinski definition) is 3. The van der Waals surface area contributed by atoms with E-state index < -0.39 is 0 Å². The van der Waals surface area contributed by atoms with Gasteiger partial charge in [0, 0.05) is 17.8 Å². The summed E-state index contributed by atoms with van der Waals surface area (Å²) in [5.41, 5.74) is 1.89. The summed E-state index contributed by atoms with van der Waals surface area (Å²) in [5.74, 6) is 1.61. The average Bonchev–Trinajstić information content (AvgIpc) is 2.59. The lowest BCUT2D eigenvalue weighted by atomic mass is 10.2. The molecule has 0 spiro atoms. The highest BCUT2D eigenvalue weighted by Crippen LogP contribution is 2.23. The number of thiocarbonyl (C=S) groups is 1. The Morgan fingerprint density at radius 3 is 2.50 bits per heavy atom. The van der Waals surface area contributed by atoms with Gasteiger partial charge in [-0.15, -0.1) is 0 Å². The van der Waals surface area contributed by atoms with Gasteiger partial charge in [0.25, 0.3) is 0 Å². The molecule has 6 heteroatoms. The molecule has 4 nitrogen and oxygen atoms in total. The maximum Gasteiger partial charge on any atom is 0.173 e. The Balaban J connectivity index is 1.82. The van der Waals surface area contributed by atoms with Crippen LogP contribution in [0.4, 0.5) is 5.69 Å². The van der Waals surface area contributed by atoms with Crippen molar-refractivity contribution in [2.75, 3.05) is 32.6 Å². The van der Waals surface area contributed by atoms with Gasteiger partial charge in [0.1, 0.15) is 18.1 Å². The SMILES string of the molecule is COc1ccc(OCCN(C)C(=S)Nc2cccc(Cl)c2C)cc1. The summed E-state index contributed by atoms with van der Waals surface area (Å²) in [6.07, 6.45) is 0. The smallest absolute Gasteiger partial charge is 0.173 e. The highest BCUT2D eigenvalue weighted by atomic mass is 35.5. The van der Waals surface area contributed by atoms with Crippen LogP contribution in [0, 0.1) is 6.92 Å². The summed E-state index contributed by atoms with van der Waals surface area (Å²) in [4.78, 5) is 1.93. The van der Waals surface area contributed by atoms with Crippen molar-refractivity contribution in [1.29, 1.82) is 0 Å². The zero-order chi connectivity index (χ0) is 17.5. The van der Waals surface area contributed by atoms with E-state index in [-0.39, 0.29) is 0 Å². The summed E-state index contributed by atoms with van der Waals surface area (Å²) in [6.45, 7) is 3.15. The summed E-state index contributed by atoms with van der Waals surface area (Å²) in [7, 11) is 3.56. The molecule has 24 heavy (non-hydrogen) atoms. The number of hydrogen-bond donors (Lipinski definition) is 1. The molecule has 0 fully saturated rings. The van der Waals surface area contributed by atoms with Crippen LogP contribution in [0.5, 0.6) is 11.5 Å². The molecule has 0 saturated carbocycles. The summed E-state index contributed by atoms with van der Waals surface area (Å²) in [5, 5.41) is 4.56. The summed E-state index contributed by atoms with van der Waals surface area (Å²) < 4.78 is 10.8. The number of halogens is 1. The van der Waals surface area contributed by atoms with Gasteiger partial charge in [-0.3, -0.25) is 0 Å². The maximum absolute atomic E-state index is 6.12. The van der Waals surface area contributed by atoms with Gasteiger partial charge in [0.15, 0.2) is 5.11 Å². The number of benzene rings is 2. The van der Waals surface area contributed by atoms with Gasteiger partial charge >= 0.3 is 0 Å². The van der Waals surface area contributed by atoms with Crippen LogP contribution in [0.15, 0.2) is 42.5 Å². The fraction of sp³-hybridized carbons (Fsp3) is 0.278. The molecule has 0 aromatic heterocycles. The minimum Gasteiger partial charge on any atom is -0.497 e. The third-order valence-corrected chi connectivity index (χ3v) is 4.43. The zero-order valence-electron chi connectivity index (χ0n) is 14.0. The Labute approximate surface area is 153 Å². The molecule has 1 N–H and O–H groups in total. The largest absolute Gasteiger partial charge is 0.497 e. The van der Waals surface area contributed by atoms with Crippen LogP contribution >= 0.6 is 23.8 Å². The number of anilines is 1. The van der Waals surface area contributed by atoms with Gasteiger partial charge in [0.05, 0.1) is 13.7 Å². The first kappa shape index (κ1) is 18.4. The van der Waals surface area contributed by atoms with Crippen LogP contribution in [0.3, 0.4) is 0 Å². The van der Waals surface area contributed by atoms with Crippen LogP contribution < -0.4 is 14.8 Å². The molecule has 0 atom stereocenters. The predicted octanol–water partition coefficient (Wildman–Crippen LogP) is 4.36. The molecule has 2 aromatic carbocycles. The van der Waals surface area contributed by atoms with Crippen LogP contribution in [-0.4, -0.2) is 37.3 Å². The van der Waals surface area contributed by atoms with Crippen LogP contribution in [0.1, 0.15) is 5.56 Å². The number of methoxy groups -OCH3 is 1. The molecule has 0 unspecified atom stereocenters. The average molecular weight is 365 g/mol. The molecule has 2 rings (SSSR count). The molecule has 0 amide bonds. The van der Waals surface area contributed by atoms with Crippen LogP contribution in [-0.2, 0) is 0 Å². The molecule has 128 valence electrons. The Kier molecular flexibility index (Phi) is 6.70. The van der Waals surface area contributed by atoms with Crippen molar-refractivity contribution in [1.82, 2.24) is 4.90 Å². The Hall–Kier alpha value is -1.98. The lowest BCUT2D eigenvalue weighted by Gasteiger charge is -2.22. The highest BCUT2D eigenvalue weighted by molar-refractivity contribution is 7.80. The lowest BCUT2D eigenvalue weighted by Crippen LogP contribution is -2.34. The number of likely N-dealkylation sites (N-methyl/N-ethyl adjacent to an activating group) is 1. The molecule has 0 heterocycles. The van der Waals surface area contributed by atoms with E-state index in [1.54, 1.807) is 7.11 Å². The predicted molar refractivity (Wildman–Crippen MR) is 104 cm³/mol. The minimum absolute atomic E-state index is 0.527. The van der Waals surface area contributed by atoms with E-state index in [1.807, 2.05) is 61.3 Å². The van der Waals surface area contributed by atoms with E-state index in [0.717, 1.165) is 22.7 Å². The van der Waals surface area contributed by atoms with E-state index in [4.69, 9.17) is 33.3 Å². The normalized spacial score (nSPS) is 10.2. The molecule has 0 radical (unpaired) electrons. The van der Waals surface area contributed by atoms with Crippen molar-refractivity contribution in [2.45, 2.75) is 6.92 Å². The van der Waals surface area contributed by atoms with Crippen LogP contribution in [0.2, 0.25) is 5.02 Å². The first-order chi connectivity index (χ1) is 11.5. The Bertz CT molecular complexity index is 692. The minimum atomic E-state index is 0.527. The van der Waals surface area contributed by atoms with E-state index in [1.165, 1.54) is 0 Å². The second-order valence-corrected chi connectivity index (χ2v) is 6.08. The van der Waals surface area contributed by atoms with E-state index >= 15 is 0 Å². The van der Waals surface area contributed by atoms with Gasteiger partial charge in [-0.05, 0) is 61.1 Å². The molecule has 0 aliphatic carbocycles. The number of rotatable bonds is 6. The zero-order valence-corrected chi connectivity index (χ0v) is 15.6. The highest BCUT2D eigenvalue weighted by Gasteiger charge is 2.08. The first-order valence-electron chi connectivity index (χ1n) is 7.55. The van der Waals surface area contributed by atoms with E-state index in [9.17, 15) is 0 Å². The molecule has 0 aliphatic heterocycles. The number of nitrogens with one attached hydrogen (secondary N) is 1. The van der Waals surface area contributed by atoms with Gasteiger partial charge in [-0.2, -0.15) is 0 Å². The number of ether oxygens (including phenoxy) is 2. The first-order valence-corrected chi connectivity index (χ1v) is 8.34. The third kappa shape index (κ3) is 5.01. The van der Waals surface area contributed by atoms with Crippen molar-refractivity contribution in [3.05, 3.63) is 53.1 Å². The van der Waals surface area contributed by atoms with Gasteiger partial charge in [0.2, 0.25) is 0 Å². The van der Waals surface area contributed by atoms with Gasteiger partial charge in [-0.1, -0.05) is 17.7 Å². The van der Waals surface area contributed by atoms with Crippen molar-refractivity contribution < 1.29 is 9.47 Å². The van der Waals surface area contributed by atoms with Crippen molar-refractivity contribution in [3.63, 3.8) is 0 Å². The quantitative estimate of drug-likeness (QED) is 0.770. The Morgan fingerprint density at radius 1 is 1.17 bits per heavy atom. The second kappa shape index (κ2) is 8.76. The van der Waals surface area contributed by atoms with E-state index in [2.05, 4.69) is 5.32 Å². The second-order valence-electron chi connectivity index (χ2n) is 5.29. The van der Waals surface area contributed by atoms with Crippen molar-refractivity contribution in [2.24, 2.45) is 0 Å². The number of nitrogens with zero attached hydrogens (tertiary/aromatic N) is 1. The summed E-state index contributed by atoms with van der Waals surface area (Å²) >= 11 is 11.5. The fourth-order valence-electron chi connectivity index (χ4n) is 2.03. The van der Waals surface area contributed by atoms with Gasteiger partial charge < -0.3 is 19.7 Å². The van der Waals surface area contributed by atoms with Crippen LogP contribution in [0.25, 0.3) is 0 Å². The summed E-state index contributed by atoms with van der Waals surface area (Å²) in [6, 6.07) is 13.2. The molecule has 0 bridgehead atoms. The monoisotopic (exact) mass is 364 g/mol. The van der Waals surface area contributed by atoms with Crippen molar-refractivity contribution in [3.8, 4) is 11.5 Å². The fourth-order valence-corrected chi connectivity index (χ4v) is 2.40. The Morgan fingerprint density at radius 2 is 1.83 bits per heavy atom. The lowest BCUT2D eigenvalue weighted by molar-refractivity contribution is 0.285. The molecular weight excluding hydrogens is 344 g/mol. The van der Waals surface area contributed by atoms with Gasteiger partial charge in [-0.25, -0.2) is 0 Å². The molecule has 0 aliphatic rings. The standard InChI is InChI=1S/C18H21ClN2O2S/c1-13-16(19)5-4-6-17(13)20-18(24)21(2)11-12-23-15-9-7-14(22-3)8-10-15/h4-10H,11-12H2,1-3H3,(H,20,24). The molecule has 2 aromatic rings. The molecular formula is C18H21ClN2O2S. The van der Waals surface area contributed by atoms with E-state index in [0.29, 0.717) is 23.3 Å². The third-order valence-electron chi connectivity index (χ3n) is 3.61. The molecule has 0 saturated heterocycles. The topological polar surface area (TPSA) is 33.7 Å². The van der Waals surface area contributed by atoms with Crippen molar-refractivity contribution >= 4 is 34.6 Å². The maximum atomic E-state index is 6.12.